The smallest absolute Gasteiger partial charge is 0.0245 e. The standard InChI is InChI=1S/C11H20N2/c1-10(2)9-13-7-4-11(3-6-12)5-8-13/h10-11H,4-5,7-9,12H2,1-2H3. The molecule has 2 nitrogen and oxygen atoms in total. The quantitative estimate of drug-likeness (QED) is 0.512. The first kappa shape index (κ1) is 10.4. The summed E-state index contributed by atoms with van der Waals surface area (Å²) < 4.78 is 0. The van der Waals surface area contributed by atoms with Gasteiger partial charge in [-0.25, -0.2) is 0 Å². The molecule has 0 bridgehead atoms. The fourth-order valence-corrected chi connectivity index (χ4v) is 1.89. The minimum absolute atomic E-state index is 0.549. The van der Waals surface area contributed by atoms with E-state index in [1.807, 2.05) is 0 Å². The Kier molecular flexibility index (Phi) is 4.11. The van der Waals surface area contributed by atoms with Crippen LogP contribution in [0.1, 0.15) is 26.7 Å². The molecule has 2 N–H and O–H groups in total. The second-order valence-electron chi connectivity index (χ2n) is 4.26. The van der Waals surface area contributed by atoms with Crippen molar-refractivity contribution in [2.24, 2.45) is 17.6 Å². The molecule has 13 heavy (non-hydrogen) atoms. The molecule has 0 radical (unpaired) electrons. The van der Waals surface area contributed by atoms with E-state index in [-0.39, 0.29) is 0 Å². The molecule has 1 rings (SSSR count). The van der Waals surface area contributed by atoms with E-state index in [1.54, 1.807) is 0 Å². The summed E-state index contributed by atoms with van der Waals surface area (Å²) in [5, 5.41) is 0. The van der Waals surface area contributed by atoms with Crippen molar-refractivity contribution in [1.29, 1.82) is 0 Å². The molecule has 0 spiro atoms. The Morgan fingerprint density at radius 2 is 2.00 bits per heavy atom. The molecular weight excluding hydrogens is 160 g/mol. The molecule has 0 saturated carbocycles. The lowest BCUT2D eigenvalue weighted by Gasteiger charge is -2.30. The van der Waals surface area contributed by atoms with Gasteiger partial charge < -0.3 is 10.6 Å². The largest absolute Gasteiger partial charge is 0.359 e. The zero-order valence-electron chi connectivity index (χ0n) is 8.71. The zero-order valence-corrected chi connectivity index (χ0v) is 8.71. The van der Waals surface area contributed by atoms with Crippen molar-refractivity contribution in [1.82, 2.24) is 4.90 Å². The van der Waals surface area contributed by atoms with Crippen molar-refractivity contribution in [2.75, 3.05) is 19.6 Å². The number of nitrogens with two attached hydrogens (primary N) is 1. The second kappa shape index (κ2) is 5.14. The van der Waals surface area contributed by atoms with E-state index in [9.17, 15) is 0 Å². The highest BCUT2D eigenvalue weighted by Gasteiger charge is 2.17. The Morgan fingerprint density at radius 3 is 2.46 bits per heavy atom. The fraction of sp³-hybridized carbons (Fsp3) is 0.818. The van der Waals surface area contributed by atoms with Gasteiger partial charge in [0.05, 0.1) is 0 Å². The molecule has 1 aliphatic rings. The molecule has 2 heteroatoms. The number of hydrogen-bond acceptors (Lipinski definition) is 2. The molecular formula is C11H20N2. The van der Waals surface area contributed by atoms with Crippen LogP contribution in [0.15, 0.2) is 0 Å². The number of likely N-dealkylation sites (tertiary alicyclic amines) is 1. The summed E-state index contributed by atoms with van der Waals surface area (Å²) in [5.41, 5.74) is 5.20. The van der Waals surface area contributed by atoms with Crippen molar-refractivity contribution in [2.45, 2.75) is 26.7 Å². The van der Waals surface area contributed by atoms with Gasteiger partial charge in [-0.05, 0) is 31.8 Å². The third kappa shape index (κ3) is 3.69. The maximum Gasteiger partial charge on any atom is 0.0245 e. The van der Waals surface area contributed by atoms with Gasteiger partial charge in [0.1, 0.15) is 0 Å². The van der Waals surface area contributed by atoms with Gasteiger partial charge in [0, 0.05) is 18.5 Å². The van der Waals surface area contributed by atoms with Crippen LogP contribution in [0.5, 0.6) is 0 Å². The Hall–Kier alpha value is -0.680. The Bertz CT molecular complexity index is 192. The Labute approximate surface area is 81.5 Å². The first-order chi connectivity index (χ1) is 6.22. The lowest BCUT2D eigenvalue weighted by atomic mass is 9.97. The number of nitrogens with zero attached hydrogens (tertiary/aromatic N) is 1. The van der Waals surface area contributed by atoms with Crippen molar-refractivity contribution in [3.8, 4) is 12.0 Å². The Morgan fingerprint density at radius 1 is 1.38 bits per heavy atom. The summed E-state index contributed by atoms with van der Waals surface area (Å²) in [7, 11) is 0. The van der Waals surface area contributed by atoms with Gasteiger partial charge in [-0.1, -0.05) is 19.8 Å². The summed E-state index contributed by atoms with van der Waals surface area (Å²) in [4.78, 5) is 2.53. The topological polar surface area (TPSA) is 29.3 Å². The minimum Gasteiger partial charge on any atom is -0.359 e. The highest BCUT2D eigenvalue weighted by molar-refractivity contribution is 5.01. The molecule has 74 valence electrons. The van der Waals surface area contributed by atoms with Crippen LogP contribution in [-0.2, 0) is 0 Å². The Balaban J connectivity index is 2.25. The molecule has 1 aliphatic heterocycles. The average Bonchev–Trinajstić information content (AvgIpc) is 2.08. The van der Waals surface area contributed by atoms with E-state index >= 15 is 0 Å². The maximum absolute atomic E-state index is 5.20. The molecule has 0 unspecified atom stereocenters. The fourth-order valence-electron chi connectivity index (χ4n) is 1.89. The third-order valence-electron chi connectivity index (χ3n) is 2.50. The van der Waals surface area contributed by atoms with Crippen LogP contribution in [0.4, 0.5) is 0 Å². The summed E-state index contributed by atoms with van der Waals surface area (Å²) >= 11 is 0. The predicted octanol–water partition coefficient (Wildman–Crippen LogP) is 1.27. The zero-order chi connectivity index (χ0) is 9.68. The van der Waals surface area contributed by atoms with E-state index in [0.717, 1.165) is 5.92 Å². The first-order valence-corrected chi connectivity index (χ1v) is 5.16. The van der Waals surface area contributed by atoms with Crippen molar-refractivity contribution in [3.63, 3.8) is 0 Å². The molecule has 1 heterocycles. The summed E-state index contributed by atoms with van der Waals surface area (Å²) in [6.45, 7) is 8.15. The van der Waals surface area contributed by atoms with Crippen LogP contribution in [0.3, 0.4) is 0 Å². The summed E-state index contributed by atoms with van der Waals surface area (Å²) in [6.07, 6.45) is 2.38. The SMILES string of the molecule is CC(C)CN1CCC(C#CN)CC1. The molecule has 0 amide bonds. The lowest BCUT2D eigenvalue weighted by Crippen LogP contribution is -2.35. The highest BCUT2D eigenvalue weighted by atomic mass is 15.1. The molecule has 0 aliphatic carbocycles. The van der Waals surface area contributed by atoms with Gasteiger partial charge in [-0.15, -0.1) is 0 Å². The van der Waals surface area contributed by atoms with E-state index in [4.69, 9.17) is 5.73 Å². The second-order valence-corrected chi connectivity index (χ2v) is 4.26. The van der Waals surface area contributed by atoms with Gasteiger partial charge >= 0.3 is 0 Å². The van der Waals surface area contributed by atoms with Gasteiger partial charge in [-0.2, -0.15) is 0 Å². The van der Waals surface area contributed by atoms with Crippen molar-refractivity contribution < 1.29 is 0 Å². The van der Waals surface area contributed by atoms with Gasteiger partial charge in [0.2, 0.25) is 0 Å². The maximum atomic E-state index is 5.20. The lowest BCUT2D eigenvalue weighted by molar-refractivity contribution is 0.187. The molecule has 0 aromatic carbocycles. The van der Waals surface area contributed by atoms with E-state index in [2.05, 4.69) is 30.7 Å². The van der Waals surface area contributed by atoms with Gasteiger partial charge in [0.25, 0.3) is 0 Å². The van der Waals surface area contributed by atoms with Gasteiger partial charge in [0.15, 0.2) is 0 Å². The number of hydrogen-bond donors (Lipinski definition) is 1. The van der Waals surface area contributed by atoms with Crippen LogP contribution in [-0.4, -0.2) is 24.5 Å². The minimum atomic E-state index is 0.549. The molecule has 1 fully saturated rings. The van der Waals surface area contributed by atoms with Crippen LogP contribution in [0, 0.1) is 23.8 Å². The monoisotopic (exact) mass is 180 g/mol. The van der Waals surface area contributed by atoms with Crippen LogP contribution < -0.4 is 5.73 Å². The number of piperidine rings is 1. The van der Waals surface area contributed by atoms with Crippen LogP contribution in [0.25, 0.3) is 0 Å². The highest BCUT2D eigenvalue weighted by Crippen LogP contribution is 2.16. The van der Waals surface area contributed by atoms with E-state index in [1.165, 1.54) is 32.5 Å². The van der Waals surface area contributed by atoms with Crippen LogP contribution in [0.2, 0.25) is 0 Å². The molecule has 1 saturated heterocycles. The normalized spacial score (nSPS) is 19.9. The summed E-state index contributed by atoms with van der Waals surface area (Å²) in [5.74, 6) is 4.38. The van der Waals surface area contributed by atoms with E-state index in [0.29, 0.717) is 5.92 Å². The van der Waals surface area contributed by atoms with Crippen LogP contribution >= 0.6 is 0 Å². The van der Waals surface area contributed by atoms with Crippen molar-refractivity contribution in [3.05, 3.63) is 0 Å². The average molecular weight is 180 g/mol. The van der Waals surface area contributed by atoms with Gasteiger partial charge in [-0.3, -0.25) is 0 Å². The first-order valence-electron chi connectivity index (χ1n) is 5.16. The molecule has 0 atom stereocenters. The van der Waals surface area contributed by atoms with E-state index < -0.39 is 0 Å². The van der Waals surface area contributed by atoms with Crippen molar-refractivity contribution >= 4 is 0 Å². The number of rotatable bonds is 2. The predicted molar refractivity (Wildman–Crippen MR) is 56.0 cm³/mol. The summed E-state index contributed by atoms with van der Waals surface area (Å²) in [6, 6.07) is 2.52. The third-order valence-corrected chi connectivity index (χ3v) is 2.50. The molecule has 0 aromatic heterocycles. The molecule has 0 aromatic rings.